The summed E-state index contributed by atoms with van der Waals surface area (Å²) in [5, 5.41) is 30.7. The molecule has 0 heterocycles. The van der Waals surface area contributed by atoms with Crippen molar-refractivity contribution in [3.63, 3.8) is 0 Å². The van der Waals surface area contributed by atoms with Gasteiger partial charge in [-0.25, -0.2) is 0 Å². The van der Waals surface area contributed by atoms with E-state index in [1.54, 1.807) is 0 Å². The second-order valence-corrected chi connectivity index (χ2v) is 19.2. The number of hydrogen-bond donors (Lipinski definition) is 0. The van der Waals surface area contributed by atoms with Gasteiger partial charge in [0.2, 0.25) is 0 Å². The van der Waals surface area contributed by atoms with Crippen molar-refractivity contribution in [2.45, 2.75) is 329 Å². The van der Waals surface area contributed by atoms with Crippen LogP contribution >= 0.6 is 0 Å². The molecule has 0 spiro atoms. The molecule has 0 aliphatic carbocycles. The fourth-order valence-electron chi connectivity index (χ4n) is 8.08. The molecule has 7 heteroatoms. The van der Waals surface area contributed by atoms with E-state index < -0.39 is 17.9 Å². The fourth-order valence-corrected chi connectivity index (χ4v) is 8.08. The number of hydrogen-bond acceptors (Lipinski definition) is 6. The predicted molar refractivity (Wildman–Crippen MR) is 287 cm³/mol. The number of allylic oxidation sites excluding steroid dienone is 6. The molecular weight excluding hydrogens is 886 g/mol. The molecule has 390 valence electrons. The first-order chi connectivity index (χ1) is 32.3. The number of carboxylic acids is 3. The van der Waals surface area contributed by atoms with E-state index in [2.05, 4.69) is 57.2 Å². The first kappa shape index (κ1) is 71.8. The van der Waals surface area contributed by atoms with Crippen molar-refractivity contribution < 1.29 is 29.7 Å². The van der Waals surface area contributed by atoms with Gasteiger partial charge in [0.1, 0.15) is 0 Å². The topological polar surface area (TPSA) is 120 Å². The number of carboxylic acid groups (broad SMARTS) is 3. The van der Waals surface area contributed by atoms with E-state index >= 15 is 0 Å². The molecule has 0 atom stereocenters. The Bertz CT molecular complexity index is 911. The third-order valence-electron chi connectivity index (χ3n) is 12.4. The third-order valence-corrected chi connectivity index (χ3v) is 12.4. The Morgan fingerprint density at radius 3 is 0.522 bits per heavy atom. The van der Waals surface area contributed by atoms with Gasteiger partial charge < -0.3 is 29.7 Å². The average molecular weight is 998 g/mol. The van der Waals surface area contributed by atoms with Crippen LogP contribution in [0.4, 0.5) is 0 Å². The van der Waals surface area contributed by atoms with E-state index in [0.717, 1.165) is 57.8 Å². The van der Waals surface area contributed by atoms with Crippen LogP contribution in [0, 0.1) is 0 Å². The van der Waals surface area contributed by atoms with Crippen LogP contribution in [0.5, 0.6) is 0 Å². The summed E-state index contributed by atoms with van der Waals surface area (Å²) in [6, 6.07) is 0. The molecule has 0 aliphatic heterocycles. The van der Waals surface area contributed by atoms with Crippen molar-refractivity contribution in [3.05, 3.63) is 36.5 Å². The quantitative estimate of drug-likeness (QED) is 0.0340. The van der Waals surface area contributed by atoms with E-state index in [0.29, 0.717) is 0 Å². The molecule has 0 N–H and O–H groups in total. The molecule has 0 bridgehead atoms. The smallest absolute Gasteiger partial charge is 0.550 e. The second kappa shape index (κ2) is 68.5. The number of carbonyl (C=O) groups excluding carboxylic acids is 3. The molecule has 0 saturated heterocycles. The molecule has 0 aromatic heterocycles. The van der Waals surface area contributed by atoms with Crippen LogP contribution in [-0.2, 0) is 14.4 Å². The van der Waals surface area contributed by atoms with Crippen molar-refractivity contribution in [3.8, 4) is 0 Å². The van der Waals surface area contributed by atoms with Crippen LogP contribution in [0.3, 0.4) is 0 Å². The van der Waals surface area contributed by atoms with E-state index in [4.69, 9.17) is 0 Å². The Balaban J connectivity index is -0.000000441. The zero-order valence-electron chi connectivity index (χ0n) is 44.9. The van der Waals surface area contributed by atoms with Crippen LogP contribution in [0.15, 0.2) is 36.5 Å². The molecule has 0 aromatic rings. The number of unbranched alkanes of at least 4 members (excludes halogenated alkanes) is 39. The van der Waals surface area contributed by atoms with Crippen LogP contribution in [-0.4, -0.2) is 37.7 Å². The molecule has 0 rings (SSSR count). The van der Waals surface area contributed by atoms with Gasteiger partial charge in [-0.05, 0) is 116 Å². The Morgan fingerprint density at radius 1 is 0.239 bits per heavy atom. The van der Waals surface area contributed by atoms with Crippen LogP contribution < -0.4 is 15.3 Å². The van der Waals surface area contributed by atoms with Crippen LogP contribution in [0.2, 0.25) is 0 Å². The molecule has 67 heavy (non-hydrogen) atoms. The van der Waals surface area contributed by atoms with Gasteiger partial charge in [0, 0.05) is 17.9 Å². The fraction of sp³-hybridized carbons (Fsp3) is 0.850. The summed E-state index contributed by atoms with van der Waals surface area (Å²) < 4.78 is 0. The maximum Gasteiger partial charge on any atom is 3.00 e. The Morgan fingerprint density at radius 2 is 0.373 bits per heavy atom. The maximum absolute atomic E-state index is 10.2. The van der Waals surface area contributed by atoms with E-state index in [1.165, 1.54) is 231 Å². The average Bonchev–Trinajstić information content (AvgIpc) is 3.29. The van der Waals surface area contributed by atoms with Gasteiger partial charge in [0.25, 0.3) is 0 Å². The molecule has 0 radical (unpaired) electrons. The third kappa shape index (κ3) is 81.6. The number of rotatable bonds is 51. The Kier molecular flexibility index (Phi) is 73.5. The molecule has 0 unspecified atom stereocenters. The molecular formula is C60H111GaO6. The zero-order chi connectivity index (χ0) is 48.9. The molecule has 0 fully saturated rings. The van der Waals surface area contributed by atoms with E-state index in [-0.39, 0.29) is 39.1 Å². The van der Waals surface area contributed by atoms with Gasteiger partial charge >= 0.3 is 19.8 Å². The van der Waals surface area contributed by atoms with Gasteiger partial charge in [0.15, 0.2) is 0 Å². The summed E-state index contributed by atoms with van der Waals surface area (Å²) >= 11 is 0. The van der Waals surface area contributed by atoms with Gasteiger partial charge in [-0.2, -0.15) is 0 Å². The summed E-state index contributed by atoms with van der Waals surface area (Å²) in [7, 11) is 0. The first-order valence-corrected chi connectivity index (χ1v) is 28.9. The second-order valence-electron chi connectivity index (χ2n) is 19.2. The molecule has 0 saturated carbocycles. The minimum absolute atomic E-state index is 0. The van der Waals surface area contributed by atoms with E-state index in [1.807, 2.05) is 0 Å². The minimum atomic E-state index is -0.913. The summed E-state index contributed by atoms with van der Waals surface area (Å²) in [4.78, 5) is 30.7. The standard InChI is InChI=1S/3C20H38O2.Ga/c3*1-2-3-4-5-6-7-8-9-10-11-12-13-14-15-16-17-18-19-20(21)22;/h3*11-12H,2-10,13-19H2,1H3,(H,21,22);/q;;;+3/p-3/b3*12-11-;. The monoisotopic (exact) mass is 997 g/mol. The van der Waals surface area contributed by atoms with Crippen molar-refractivity contribution in [2.24, 2.45) is 0 Å². The number of carbonyl (C=O) groups is 3. The summed E-state index contributed by atoms with van der Waals surface area (Å²) in [6.45, 7) is 6.80. The summed E-state index contributed by atoms with van der Waals surface area (Å²) in [6.07, 6.45) is 71.5. The summed E-state index contributed by atoms with van der Waals surface area (Å²) in [5.74, 6) is -2.74. The van der Waals surface area contributed by atoms with Crippen LogP contribution in [0.1, 0.15) is 329 Å². The molecule has 0 amide bonds. The van der Waals surface area contributed by atoms with Gasteiger partial charge in [-0.1, -0.05) is 250 Å². The minimum Gasteiger partial charge on any atom is -0.550 e. The SMILES string of the molecule is CCCCCCCCCC/C=C\CCCCCCCC(=O)[O-].CCCCCCCCCC/C=C\CCCCCCCC(=O)[O-].CCCCCCCCCC/C=C\CCCCCCCC(=O)[O-].[Ga+3]. The molecule has 6 nitrogen and oxygen atoms in total. The Hall–Kier alpha value is -1.73. The molecule has 0 aromatic carbocycles. The zero-order valence-corrected chi connectivity index (χ0v) is 47.4. The molecule has 0 aliphatic rings. The van der Waals surface area contributed by atoms with E-state index in [9.17, 15) is 29.7 Å². The van der Waals surface area contributed by atoms with Crippen LogP contribution in [0.25, 0.3) is 0 Å². The van der Waals surface area contributed by atoms with Crippen molar-refractivity contribution >= 4 is 37.7 Å². The summed E-state index contributed by atoms with van der Waals surface area (Å²) in [5.41, 5.74) is 0. The van der Waals surface area contributed by atoms with Crippen molar-refractivity contribution in [1.82, 2.24) is 0 Å². The predicted octanol–water partition coefficient (Wildman–Crippen LogP) is 16.3. The van der Waals surface area contributed by atoms with Gasteiger partial charge in [0.05, 0.1) is 0 Å². The van der Waals surface area contributed by atoms with Gasteiger partial charge in [-0.3, -0.25) is 0 Å². The van der Waals surface area contributed by atoms with Gasteiger partial charge in [-0.15, -0.1) is 0 Å². The Labute approximate surface area is 430 Å². The largest absolute Gasteiger partial charge is 3.00 e. The van der Waals surface area contributed by atoms with Crippen molar-refractivity contribution in [1.29, 1.82) is 0 Å². The normalized spacial score (nSPS) is 11.1. The first-order valence-electron chi connectivity index (χ1n) is 28.9. The maximum atomic E-state index is 10.2. The van der Waals surface area contributed by atoms with Crippen molar-refractivity contribution in [2.75, 3.05) is 0 Å². The number of aliphatic carboxylic acids is 3.